The van der Waals surface area contributed by atoms with Gasteiger partial charge in [-0.3, -0.25) is 4.79 Å². The van der Waals surface area contributed by atoms with Crippen molar-refractivity contribution in [3.63, 3.8) is 0 Å². The van der Waals surface area contributed by atoms with Crippen LogP contribution >= 0.6 is 15.9 Å². The topological polar surface area (TPSA) is 55.1 Å². The molecule has 0 saturated carbocycles. The maximum Gasteiger partial charge on any atom is 0.306 e. The summed E-state index contributed by atoms with van der Waals surface area (Å²) in [6, 6.07) is 7.89. The lowest BCUT2D eigenvalue weighted by Gasteiger charge is -2.08. The van der Waals surface area contributed by atoms with Crippen molar-refractivity contribution < 1.29 is 9.90 Å². The fraction of sp³-hybridized carbons (Fsp3) is 0.333. The average Bonchev–Trinajstić information content (AvgIpc) is 2.66. The third-order valence-corrected chi connectivity index (χ3v) is 3.92. The highest BCUT2D eigenvalue weighted by Gasteiger charge is 2.19. The van der Waals surface area contributed by atoms with Crippen LogP contribution in [-0.2, 0) is 11.2 Å². The average molecular weight is 337 g/mol. The normalized spacial score (nSPS) is 12.4. The van der Waals surface area contributed by atoms with Crippen molar-refractivity contribution in [2.75, 3.05) is 0 Å². The number of aliphatic carboxylic acids is 1. The monoisotopic (exact) mass is 336 g/mol. The summed E-state index contributed by atoms with van der Waals surface area (Å²) in [5.41, 5.74) is 3.86. The number of carbonyl (C=O) groups is 1. The Morgan fingerprint density at radius 3 is 2.75 bits per heavy atom. The molecule has 1 aromatic carbocycles. The molecular formula is C15H17BrN2O2. The summed E-state index contributed by atoms with van der Waals surface area (Å²) in [5, 5.41) is 13.6. The predicted octanol–water partition coefficient (Wildman–Crippen LogP) is 3.51. The van der Waals surface area contributed by atoms with Crippen LogP contribution in [0.2, 0.25) is 0 Å². The van der Waals surface area contributed by atoms with Gasteiger partial charge >= 0.3 is 5.97 Å². The summed E-state index contributed by atoms with van der Waals surface area (Å²) < 4.78 is 2.85. The number of hydrogen-bond acceptors (Lipinski definition) is 2. The van der Waals surface area contributed by atoms with Crippen molar-refractivity contribution in [2.45, 2.75) is 27.2 Å². The van der Waals surface area contributed by atoms with Gasteiger partial charge in [0, 0.05) is 10.2 Å². The van der Waals surface area contributed by atoms with Gasteiger partial charge < -0.3 is 5.11 Å². The Hall–Kier alpha value is -1.62. The Kier molecular flexibility index (Phi) is 4.28. The van der Waals surface area contributed by atoms with Gasteiger partial charge in [0.25, 0.3) is 0 Å². The molecule has 0 aliphatic carbocycles. The van der Waals surface area contributed by atoms with E-state index in [1.807, 2.05) is 42.8 Å². The SMILES string of the molecule is Cc1nn(-c2cccc(Br)c2)c(C)c1CC(C)C(=O)O. The molecule has 0 aliphatic heterocycles. The van der Waals surface area contributed by atoms with Gasteiger partial charge in [-0.15, -0.1) is 0 Å². The number of aryl methyl sites for hydroxylation is 1. The smallest absolute Gasteiger partial charge is 0.306 e. The first-order chi connectivity index (χ1) is 9.40. The molecule has 1 atom stereocenters. The molecule has 20 heavy (non-hydrogen) atoms. The van der Waals surface area contributed by atoms with Crippen molar-refractivity contribution in [1.82, 2.24) is 9.78 Å². The maximum atomic E-state index is 11.0. The van der Waals surface area contributed by atoms with E-state index in [0.29, 0.717) is 6.42 Å². The quantitative estimate of drug-likeness (QED) is 0.929. The second kappa shape index (κ2) is 5.79. The summed E-state index contributed by atoms with van der Waals surface area (Å²) in [5.74, 6) is -1.19. The van der Waals surface area contributed by atoms with Crippen LogP contribution in [0.25, 0.3) is 5.69 Å². The van der Waals surface area contributed by atoms with Crippen LogP contribution in [0.5, 0.6) is 0 Å². The third-order valence-electron chi connectivity index (χ3n) is 3.43. The fourth-order valence-corrected chi connectivity index (χ4v) is 2.61. The van der Waals surface area contributed by atoms with Gasteiger partial charge in [0.1, 0.15) is 0 Å². The van der Waals surface area contributed by atoms with E-state index in [9.17, 15) is 4.79 Å². The molecule has 5 heteroatoms. The summed E-state index contributed by atoms with van der Waals surface area (Å²) in [6.07, 6.45) is 0.501. The van der Waals surface area contributed by atoms with Gasteiger partial charge in [-0.25, -0.2) is 4.68 Å². The third kappa shape index (κ3) is 2.93. The summed E-state index contributed by atoms with van der Waals surface area (Å²) in [6.45, 7) is 5.62. The summed E-state index contributed by atoms with van der Waals surface area (Å²) >= 11 is 3.45. The summed E-state index contributed by atoms with van der Waals surface area (Å²) in [4.78, 5) is 11.0. The van der Waals surface area contributed by atoms with Crippen LogP contribution in [0.3, 0.4) is 0 Å². The minimum Gasteiger partial charge on any atom is -0.481 e. The Bertz CT molecular complexity index is 649. The van der Waals surface area contributed by atoms with Gasteiger partial charge in [-0.05, 0) is 44.0 Å². The van der Waals surface area contributed by atoms with Gasteiger partial charge in [-0.1, -0.05) is 28.9 Å². The predicted molar refractivity (Wildman–Crippen MR) is 81.2 cm³/mol. The Morgan fingerprint density at radius 1 is 1.45 bits per heavy atom. The van der Waals surface area contributed by atoms with Crippen LogP contribution < -0.4 is 0 Å². The number of halogens is 1. The fourth-order valence-electron chi connectivity index (χ4n) is 2.22. The molecule has 0 spiro atoms. The number of carboxylic acids is 1. The van der Waals surface area contributed by atoms with Gasteiger partial charge in [0.05, 0.1) is 17.3 Å². The molecule has 2 rings (SSSR count). The van der Waals surface area contributed by atoms with E-state index < -0.39 is 11.9 Å². The molecule has 1 unspecified atom stereocenters. The Morgan fingerprint density at radius 2 is 2.15 bits per heavy atom. The van der Waals surface area contributed by atoms with Gasteiger partial charge in [0.2, 0.25) is 0 Å². The first-order valence-electron chi connectivity index (χ1n) is 6.44. The molecule has 4 nitrogen and oxygen atoms in total. The first-order valence-corrected chi connectivity index (χ1v) is 7.23. The van der Waals surface area contributed by atoms with E-state index in [0.717, 1.165) is 27.1 Å². The van der Waals surface area contributed by atoms with Crippen molar-refractivity contribution >= 4 is 21.9 Å². The van der Waals surface area contributed by atoms with Crippen molar-refractivity contribution in [3.8, 4) is 5.69 Å². The largest absolute Gasteiger partial charge is 0.481 e. The maximum absolute atomic E-state index is 11.0. The molecule has 0 amide bonds. The molecule has 1 N–H and O–H groups in total. The van der Waals surface area contributed by atoms with E-state index in [2.05, 4.69) is 21.0 Å². The highest BCUT2D eigenvalue weighted by atomic mass is 79.9. The van der Waals surface area contributed by atoms with Crippen molar-refractivity contribution in [1.29, 1.82) is 0 Å². The number of nitrogens with zero attached hydrogens (tertiary/aromatic N) is 2. The van der Waals surface area contributed by atoms with E-state index in [1.165, 1.54) is 0 Å². The highest BCUT2D eigenvalue weighted by Crippen LogP contribution is 2.22. The van der Waals surface area contributed by atoms with Crippen LogP contribution in [0.15, 0.2) is 28.7 Å². The number of rotatable bonds is 4. The zero-order valence-corrected chi connectivity index (χ0v) is 13.3. The molecule has 0 radical (unpaired) electrons. The van der Waals surface area contributed by atoms with Crippen LogP contribution in [0, 0.1) is 19.8 Å². The lowest BCUT2D eigenvalue weighted by molar-refractivity contribution is -0.141. The van der Waals surface area contributed by atoms with Crippen LogP contribution in [0.4, 0.5) is 0 Å². The van der Waals surface area contributed by atoms with E-state index in [-0.39, 0.29) is 0 Å². The molecule has 0 bridgehead atoms. The number of benzene rings is 1. The van der Waals surface area contributed by atoms with Gasteiger partial charge in [-0.2, -0.15) is 5.10 Å². The number of aromatic nitrogens is 2. The molecule has 0 aliphatic rings. The molecule has 106 valence electrons. The summed E-state index contributed by atoms with van der Waals surface area (Å²) in [7, 11) is 0. The highest BCUT2D eigenvalue weighted by molar-refractivity contribution is 9.10. The zero-order chi connectivity index (χ0) is 14.9. The first kappa shape index (κ1) is 14.8. The van der Waals surface area contributed by atoms with E-state index in [1.54, 1.807) is 6.92 Å². The zero-order valence-electron chi connectivity index (χ0n) is 11.7. The van der Waals surface area contributed by atoms with Crippen LogP contribution in [0.1, 0.15) is 23.9 Å². The molecule has 0 saturated heterocycles. The minimum atomic E-state index is -0.779. The standard InChI is InChI=1S/C15H17BrN2O2/c1-9(15(19)20)7-14-10(2)17-18(11(14)3)13-6-4-5-12(16)8-13/h4-6,8-9H,7H2,1-3H3,(H,19,20). The van der Waals surface area contributed by atoms with E-state index >= 15 is 0 Å². The van der Waals surface area contributed by atoms with Crippen molar-refractivity contribution in [3.05, 3.63) is 45.7 Å². The molecule has 2 aromatic rings. The van der Waals surface area contributed by atoms with Crippen molar-refractivity contribution in [2.24, 2.45) is 5.92 Å². The Labute approximate surface area is 126 Å². The minimum absolute atomic E-state index is 0.410. The molecule has 0 fully saturated rings. The molecule has 1 aromatic heterocycles. The molecular weight excluding hydrogens is 320 g/mol. The van der Waals surface area contributed by atoms with E-state index in [4.69, 9.17) is 5.11 Å². The Balaban J connectivity index is 2.41. The number of hydrogen-bond donors (Lipinski definition) is 1. The second-order valence-electron chi connectivity index (χ2n) is 4.98. The van der Waals surface area contributed by atoms with Crippen LogP contribution in [-0.4, -0.2) is 20.9 Å². The second-order valence-corrected chi connectivity index (χ2v) is 5.90. The number of carboxylic acid groups (broad SMARTS) is 1. The van der Waals surface area contributed by atoms with Gasteiger partial charge in [0.15, 0.2) is 0 Å². The lowest BCUT2D eigenvalue weighted by Crippen LogP contribution is -2.13. The lowest BCUT2D eigenvalue weighted by atomic mass is 10.00. The molecule has 1 heterocycles.